The quantitative estimate of drug-likeness (QED) is 0.734. The number of para-hydroxylation sites is 1. The first-order valence-electron chi connectivity index (χ1n) is 10.4. The number of carbonyl (C=O) groups excluding carboxylic acids is 1. The number of sulfonamides is 1. The highest BCUT2D eigenvalue weighted by Gasteiger charge is 2.25. The van der Waals surface area contributed by atoms with Gasteiger partial charge in [0, 0.05) is 25.2 Å². The summed E-state index contributed by atoms with van der Waals surface area (Å²) in [6.45, 7) is 5.27. The van der Waals surface area contributed by atoms with Crippen molar-refractivity contribution in [2.75, 3.05) is 18.4 Å². The Kier molecular flexibility index (Phi) is 7.09. The van der Waals surface area contributed by atoms with Crippen LogP contribution in [0, 0.1) is 6.92 Å². The Bertz CT molecular complexity index is 947. The van der Waals surface area contributed by atoms with Gasteiger partial charge >= 0.3 is 0 Å². The minimum atomic E-state index is -3.41. The first-order valence-corrected chi connectivity index (χ1v) is 11.8. The molecule has 0 radical (unpaired) electrons. The van der Waals surface area contributed by atoms with Crippen molar-refractivity contribution in [1.29, 1.82) is 0 Å². The maximum atomic E-state index is 12.7. The van der Waals surface area contributed by atoms with Gasteiger partial charge in [-0.15, -0.1) is 0 Å². The Hall–Kier alpha value is -2.18. The smallest absolute Gasteiger partial charge is 0.243 e. The lowest BCUT2D eigenvalue weighted by molar-refractivity contribution is -0.116. The van der Waals surface area contributed by atoms with Crippen molar-refractivity contribution in [3.8, 4) is 0 Å². The Morgan fingerprint density at radius 3 is 2.38 bits per heavy atom. The maximum absolute atomic E-state index is 12.7. The fourth-order valence-electron chi connectivity index (χ4n) is 3.74. The summed E-state index contributed by atoms with van der Waals surface area (Å²) >= 11 is 0. The lowest BCUT2D eigenvalue weighted by Gasteiger charge is -2.25. The van der Waals surface area contributed by atoms with Crippen molar-refractivity contribution in [3.05, 3.63) is 59.2 Å². The molecule has 6 heteroatoms. The van der Waals surface area contributed by atoms with Crippen molar-refractivity contribution in [3.63, 3.8) is 0 Å². The molecule has 2 aromatic rings. The zero-order valence-electron chi connectivity index (χ0n) is 17.3. The zero-order chi connectivity index (χ0) is 20.9. The molecule has 0 aromatic heterocycles. The number of carbonyl (C=O) groups is 1. The van der Waals surface area contributed by atoms with E-state index in [1.165, 1.54) is 0 Å². The summed E-state index contributed by atoms with van der Waals surface area (Å²) < 4.78 is 27.0. The van der Waals surface area contributed by atoms with Gasteiger partial charge in [-0.3, -0.25) is 4.79 Å². The summed E-state index contributed by atoms with van der Waals surface area (Å²) in [7, 11) is -3.41. The molecule has 1 fully saturated rings. The van der Waals surface area contributed by atoms with E-state index in [9.17, 15) is 13.2 Å². The van der Waals surface area contributed by atoms with Crippen LogP contribution in [-0.2, 0) is 27.7 Å². The van der Waals surface area contributed by atoms with Gasteiger partial charge in [0.1, 0.15) is 0 Å². The Morgan fingerprint density at radius 2 is 1.72 bits per heavy atom. The molecule has 1 saturated heterocycles. The lowest BCUT2D eigenvalue weighted by atomic mass is 10.1. The zero-order valence-corrected chi connectivity index (χ0v) is 18.1. The molecular weight excluding hydrogens is 384 g/mol. The topological polar surface area (TPSA) is 66.5 Å². The van der Waals surface area contributed by atoms with Crippen LogP contribution in [0.5, 0.6) is 0 Å². The van der Waals surface area contributed by atoms with Crippen LogP contribution in [0.2, 0.25) is 0 Å². The molecular formula is C23H30N2O3S. The van der Waals surface area contributed by atoms with Gasteiger partial charge in [0.15, 0.2) is 0 Å². The van der Waals surface area contributed by atoms with Crippen LogP contribution in [-0.4, -0.2) is 31.7 Å². The Morgan fingerprint density at radius 1 is 1.03 bits per heavy atom. The van der Waals surface area contributed by atoms with Crippen LogP contribution in [0.1, 0.15) is 49.3 Å². The van der Waals surface area contributed by atoms with E-state index < -0.39 is 10.0 Å². The molecule has 0 saturated carbocycles. The van der Waals surface area contributed by atoms with E-state index >= 15 is 0 Å². The molecule has 1 heterocycles. The molecule has 3 rings (SSSR count). The average molecular weight is 415 g/mol. The van der Waals surface area contributed by atoms with Crippen molar-refractivity contribution in [2.45, 2.75) is 57.3 Å². The number of hydrogen-bond acceptors (Lipinski definition) is 3. The van der Waals surface area contributed by atoms with Gasteiger partial charge in [-0.05, 0) is 61.4 Å². The number of aryl methyl sites for hydroxylation is 3. The number of hydrogen-bond donors (Lipinski definition) is 1. The first kappa shape index (κ1) is 21.5. The van der Waals surface area contributed by atoms with Gasteiger partial charge in [-0.2, -0.15) is 4.31 Å². The molecule has 1 N–H and O–H groups in total. The highest BCUT2D eigenvalue weighted by Crippen LogP contribution is 2.23. The van der Waals surface area contributed by atoms with Gasteiger partial charge in [0.05, 0.1) is 4.90 Å². The largest absolute Gasteiger partial charge is 0.326 e. The number of nitrogens with one attached hydrogen (secondary N) is 1. The van der Waals surface area contributed by atoms with Crippen LogP contribution >= 0.6 is 0 Å². The third kappa shape index (κ3) is 5.25. The Balaban J connectivity index is 1.60. The van der Waals surface area contributed by atoms with E-state index in [0.717, 1.165) is 48.1 Å². The summed E-state index contributed by atoms with van der Waals surface area (Å²) in [4.78, 5) is 12.8. The number of nitrogens with zero attached hydrogens (tertiary/aromatic N) is 1. The number of rotatable bonds is 7. The molecule has 0 atom stereocenters. The molecule has 1 amide bonds. The molecule has 156 valence electrons. The predicted molar refractivity (Wildman–Crippen MR) is 117 cm³/mol. The van der Waals surface area contributed by atoms with E-state index in [1.807, 2.05) is 37.3 Å². The van der Waals surface area contributed by atoms with Crippen molar-refractivity contribution in [2.24, 2.45) is 0 Å². The van der Waals surface area contributed by atoms with Gasteiger partial charge < -0.3 is 5.32 Å². The van der Waals surface area contributed by atoms with Crippen molar-refractivity contribution >= 4 is 21.6 Å². The van der Waals surface area contributed by atoms with Gasteiger partial charge in [0.2, 0.25) is 15.9 Å². The van der Waals surface area contributed by atoms with E-state index in [2.05, 4.69) is 12.2 Å². The number of piperidine rings is 1. The standard InChI is InChI=1S/C23H30N2O3S/c1-3-20-9-7-8-18(2)23(20)24-22(26)15-12-19-10-13-21(14-11-19)29(27,28)25-16-5-4-6-17-25/h7-11,13-14H,3-6,12,15-17H2,1-2H3,(H,24,26). The Labute approximate surface area is 174 Å². The third-order valence-corrected chi connectivity index (χ3v) is 7.43. The van der Waals surface area contributed by atoms with Crippen molar-refractivity contribution in [1.82, 2.24) is 4.31 Å². The normalized spacial score (nSPS) is 15.2. The van der Waals surface area contributed by atoms with Crippen LogP contribution in [0.3, 0.4) is 0 Å². The second-order valence-electron chi connectivity index (χ2n) is 7.62. The molecule has 5 nitrogen and oxygen atoms in total. The molecule has 2 aromatic carbocycles. The minimum Gasteiger partial charge on any atom is -0.326 e. The maximum Gasteiger partial charge on any atom is 0.243 e. The van der Waals surface area contributed by atoms with E-state index in [4.69, 9.17) is 0 Å². The molecule has 1 aliphatic heterocycles. The second kappa shape index (κ2) is 9.55. The summed E-state index contributed by atoms with van der Waals surface area (Å²) in [5, 5.41) is 3.04. The summed E-state index contributed by atoms with van der Waals surface area (Å²) in [5.41, 5.74) is 4.05. The van der Waals surface area contributed by atoms with E-state index in [-0.39, 0.29) is 5.91 Å². The number of anilines is 1. The van der Waals surface area contributed by atoms with E-state index in [1.54, 1.807) is 16.4 Å². The van der Waals surface area contributed by atoms with Gasteiger partial charge in [-0.1, -0.05) is 43.7 Å². The summed E-state index contributed by atoms with van der Waals surface area (Å²) in [6, 6.07) is 13.0. The second-order valence-corrected chi connectivity index (χ2v) is 9.56. The molecule has 0 bridgehead atoms. The number of amides is 1. The molecule has 0 unspecified atom stereocenters. The monoisotopic (exact) mass is 414 g/mol. The van der Waals surface area contributed by atoms with Gasteiger partial charge in [0.25, 0.3) is 0 Å². The van der Waals surface area contributed by atoms with Crippen LogP contribution in [0.25, 0.3) is 0 Å². The molecule has 1 aliphatic rings. The fourth-order valence-corrected chi connectivity index (χ4v) is 5.26. The number of benzene rings is 2. The third-order valence-electron chi connectivity index (χ3n) is 5.52. The summed E-state index contributed by atoms with van der Waals surface area (Å²) in [6.07, 6.45) is 4.73. The fraction of sp³-hybridized carbons (Fsp3) is 0.435. The van der Waals surface area contributed by atoms with E-state index in [0.29, 0.717) is 30.8 Å². The van der Waals surface area contributed by atoms with Crippen molar-refractivity contribution < 1.29 is 13.2 Å². The molecule has 0 spiro atoms. The predicted octanol–water partition coefficient (Wildman–Crippen LogP) is 4.30. The highest BCUT2D eigenvalue weighted by atomic mass is 32.2. The van der Waals surface area contributed by atoms with Crippen LogP contribution < -0.4 is 5.32 Å². The molecule has 0 aliphatic carbocycles. The average Bonchev–Trinajstić information content (AvgIpc) is 2.74. The SMILES string of the molecule is CCc1cccc(C)c1NC(=O)CCc1ccc(S(=O)(=O)N2CCCCC2)cc1. The van der Waals surface area contributed by atoms with Gasteiger partial charge in [-0.25, -0.2) is 8.42 Å². The van der Waals surface area contributed by atoms with Crippen LogP contribution in [0.4, 0.5) is 5.69 Å². The first-order chi connectivity index (χ1) is 13.9. The minimum absolute atomic E-state index is 0.0287. The molecule has 29 heavy (non-hydrogen) atoms. The summed E-state index contributed by atoms with van der Waals surface area (Å²) in [5.74, 6) is -0.0287. The lowest BCUT2D eigenvalue weighted by Crippen LogP contribution is -2.35. The van der Waals surface area contributed by atoms with Crippen LogP contribution in [0.15, 0.2) is 47.4 Å². The highest BCUT2D eigenvalue weighted by molar-refractivity contribution is 7.89.